The number of hydrogen-bond donors (Lipinski definition) is 9. The first-order valence-corrected chi connectivity index (χ1v) is 30.8. The van der Waals surface area contributed by atoms with Crippen molar-refractivity contribution in [2.24, 2.45) is 0 Å². The van der Waals surface area contributed by atoms with E-state index in [2.05, 4.69) is 104 Å². The fraction of sp³-hybridized carbons (Fsp3) is 0.766. The quantitative estimate of drug-likeness (QED) is 0.0204. The Morgan fingerprint density at radius 2 is 0.885 bits per heavy atom. The van der Waals surface area contributed by atoms with Gasteiger partial charge in [-0.05, 0) is 70.6 Å². The molecule has 0 radical (unpaired) electrons. The number of aliphatic hydroxyl groups is 8. The number of aliphatic hydroxyl groups excluding tert-OH is 8. The maximum absolute atomic E-state index is 13.3. The third-order valence-corrected chi connectivity index (χ3v) is 14.6. The molecule has 2 saturated heterocycles. The van der Waals surface area contributed by atoms with Crippen molar-refractivity contribution in [3.8, 4) is 0 Å². The molecule has 2 heterocycles. The minimum absolute atomic E-state index is 0.215. The normalized spacial score (nSPS) is 25.2. The van der Waals surface area contributed by atoms with Crippen molar-refractivity contribution in [2.75, 3.05) is 19.8 Å². The summed E-state index contributed by atoms with van der Waals surface area (Å²) in [6.07, 6.45) is 48.8. The summed E-state index contributed by atoms with van der Waals surface area (Å²) >= 11 is 0. The van der Waals surface area contributed by atoms with Gasteiger partial charge in [-0.1, -0.05) is 227 Å². The first-order chi connectivity index (χ1) is 38.1. The Hall–Kier alpha value is -2.83. The number of hydrogen-bond acceptors (Lipinski definition) is 13. The summed E-state index contributed by atoms with van der Waals surface area (Å²) in [5.41, 5.74) is 0. The zero-order valence-electron chi connectivity index (χ0n) is 48.4. The summed E-state index contributed by atoms with van der Waals surface area (Å²) in [6, 6.07) is -0.834. The van der Waals surface area contributed by atoms with Gasteiger partial charge in [0.1, 0.15) is 48.8 Å². The standard InChI is InChI=1S/C64H111NO13/c1-3-5-7-9-11-13-15-16-17-18-19-20-21-22-23-24-25-26-27-28-29-30-31-32-33-34-35-36-38-40-42-44-46-48-56(69)65-52(53(68)47-45-43-41-39-37-14-12-10-8-6-4-2)51-75-63-61(74)59(72)62(55(50-67)77-63)78-64-60(73)58(71)57(70)54(49-66)76-64/h5,7,11,13,16-17,19-20,22-23,25-26,28-29,52-55,57-64,66-68,70-74H,3-4,6,8-10,12,14-15,18,21,24,27,30-51H2,1-2H3,(H,65,69)/b7-5-,13-11-,17-16-,20-19-,23-22-,26-25-,29-28-. The van der Waals surface area contributed by atoms with Crippen molar-refractivity contribution >= 4 is 5.91 Å². The minimum atomic E-state index is -1.78. The lowest BCUT2D eigenvalue weighted by Crippen LogP contribution is -2.65. The average Bonchev–Trinajstić information content (AvgIpc) is 3.47. The molecule has 2 aliphatic rings. The minimum Gasteiger partial charge on any atom is -0.394 e. The van der Waals surface area contributed by atoms with Gasteiger partial charge in [0.05, 0.1) is 32.0 Å². The van der Waals surface area contributed by atoms with Crippen LogP contribution in [-0.4, -0.2) is 140 Å². The molecule has 0 saturated carbocycles. The number of unbranched alkanes of at least 4 members (excludes halogenated alkanes) is 21. The van der Waals surface area contributed by atoms with Crippen LogP contribution in [0.25, 0.3) is 0 Å². The lowest BCUT2D eigenvalue weighted by atomic mass is 9.97. The molecule has 2 fully saturated rings. The number of ether oxygens (including phenoxy) is 4. The van der Waals surface area contributed by atoms with E-state index in [1.165, 1.54) is 89.9 Å². The molecular weight excluding hydrogens is 991 g/mol. The highest BCUT2D eigenvalue weighted by Gasteiger charge is 2.51. The van der Waals surface area contributed by atoms with Gasteiger partial charge in [-0.15, -0.1) is 0 Å². The highest BCUT2D eigenvalue weighted by atomic mass is 16.7. The fourth-order valence-corrected chi connectivity index (χ4v) is 9.69. The molecule has 0 spiro atoms. The maximum Gasteiger partial charge on any atom is 0.220 e. The van der Waals surface area contributed by atoms with Crippen LogP contribution in [0.2, 0.25) is 0 Å². The van der Waals surface area contributed by atoms with Crippen LogP contribution in [0.1, 0.15) is 219 Å². The van der Waals surface area contributed by atoms with Gasteiger partial charge in [-0.2, -0.15) is 0 Å². The zero-order valence-corrected chi connectivity index (χ0v) is 48.4. The largest absolute Gasteiger partial charge is 0.394 e. The molecule has 14 nitrogen and oxygen atoms in total. The monoisotopic (exact) mass is 1100 g/mol. The van der Waals surface area contributed by atoms with E-state index in [9.17, 15) is 45.6 Å². The Morgan fingerprint density at radius 3 is 1.36 bits per heavy atom. The highest BCUT2D eigenvalue weighted by molar-refractivity contribution is 5.76. The van der Waals surface area contributed by atoms with Crippen molar-refractivity contribution in [1.82, 2.24) is 5.32 Å². The van der Waals surface area contributed by atoms with E-state index in [0.29, 0.717) is 19.3 Å². The van der Waals surface area contributed by atoms with Gasteiger partial charge in [-0.3, -0.25) is 4.79 Å². The fourth-order valence-electron chi connectivity index (χ4n) is 9.69. The number of amides is 1. The number of carbonyl (C=O) groups is 1. The third-order valence-electron chi connectivity index (χ3n) is 14.6. The van der Waals surface area contributed by atoms with Crippen molar-refractivity contribution in [3.05, 3.63) is 85.1 Å². The molecule has 0 aromatic rings. The SMILES string of the molecule is CC/C=C\C/C=C\C/C=C\C/C=C\C/C=C\C/C=C\C/C=C\CCCCCCCCCCCCCC(=O)NC(COC1OC(CO)C(OC2OC(CO)C(O)C(O)C2O)C(O)C1O)C(O)CCCCCCCCCCCCC. The van der Waals surface area contributed by atoms with Crippen molar-refractivity contribution in [1.29, 1.82) is 0 Å². The summed E-state index contributed by atoms with van der Waals surface area (Å²) in [7, 11) is 0. The van der Waals surface area contributed by atoms with Crippen LogP contribution < -0.4 is 5.32 Å². The molecule has 14 heteroatoms. The van der Waals surface area contributed by atoms with Crippen molar-refractivity contribution in [2.45, 2.75) is 293 Å². The number of rotatable bonds is 48. The predicted octanol–water partition coefficient (Wildman–Crippen LogP) is 10.9. The van der Waals surface area contributed by atoms with E-state index in [-0.39, 0.29) is 12.5 Å². The van der Waals surface area contributed by atoms with Crippen LogP contribution in [-0.2, 0) is 23.7 Å². The van der Waals surface area contributed by atoms with Crippen molar-refractivity contribution in [3.63, 3.8) is 0 Å². The second kappa shape index (κ2) is 48.8. The molecule has 0 aromatic carbocycles. The smallest absolute Gasteiger partial charge is 0.220 e. The maximum atomic E-state index is 13.3. The molecular formula is C64H111NO13. The van der Waals surface area contributed by atoms with Gasteiger partial charge in [-0.25, -0.2) is 0 Å². The molecule has 0 bridgehead atoms. The first kappa shape index (κ1) is 71.3. The molecule has 2 rings (SSSR count). The van der Waals surface area contributed by atoms with E-state index in [4.69, 9.17) is 18.9 Å². The Balaban J connectivity index is 1.64. The third kappa shape index (κ3) is 33.8. The van der Waals surface area contributed by atoms with Crippen LogP contribution in [0.5, 0.6) is 0 Å². The Labute approximate surface area is 471 Å². The van der Waals surface area contributed by atoms with E-state index in [1.54, 1.807) is 0 Å². The number of carbonyl (C=O) groups excluding carboxylic acids is 1. The highest BCUT2D eigenvalue weighted by Crippen LogP contribution is 2.30. The summed E-state index contributed by atoms with van der Waals surface area (Å²) in [4.78, 5) is 13.3. The van der Waals surface area contributed by atoms with E-state index < -0.39 is 86.8 Å². The number of allylic oxidation sites excluding steroid dienone is 14. The van der Waals surface area contributed by atoms with Crippen LogP contribution >= 0.6 is 0 Å². The molecule has 12 unspecified atom stereocenters. The molecule has 1 amide bonds. The summed E-state index contributed by atoms with van der Waals surface area (Å²) < 4.78 is 22.8. The van der Waals surface area contributed by atoms with Crippen molar-refractivity contribution < 1.29 is 64.6 Å². The molecule has 78 heavy (non-hydrogen) atoms. The van der Waals surface area contributed by atoms with E-state index in [1.807, 2.05) is 0 Å². The van der Waals surface area contributed by atoms with Crippen LogP contribution in [0.3, 0.4) is 0 Å². The lowest BCUT2D eigenvalue weighted by Gasteiger charge is -2.46. The molecule has 0 aromatic heterocycles. The average molecular weight is 1100 g/mol. The molecule has 12 atom stereocenters. The van der Waals surface area contributed by atoms with Gasteiger partial charge >= 0.3 is 0 Å². The zero-order chi connectivity index (χ0) is 56.7. The van der Waals surface area contributed by atoms with Gasteiger partial charge in [0.2, 0.25) is 5.91 Å². The molecule has 2 aliphatic heterocycles. The van der Waals surface area contributed by atoms with E-state index in [0.717, 1.165) is 96.3 Å². The Bertz CT molecular complexity index is 1630. The van der Waals surface area contributed by atoms with Crippen LogP contribution in [0.4, 0.5) is 0 Å². The number of nitrogens with one attached hydrogen (secondary N) is 1. The summed E-state index contributed by atoms with van der Waals surface area (Å²) in [5, 5.41) is 87.1. The van der Waals surface area contributed by atoms with E-state index >= 15 is 0 Å². The first-order valence-electron chi connectivity index (χ1n) is 30.8. The lowest BCUT2D eigenvalue weighted by molar-refractivity contribution is -0.359. The second-order valence-electron chi connectivity index (χ2n) is 21.5. The van der Waals surface area contributed by atoms with Gasteiger partial charge in [0, 0.05) is 6.42 Å². The topological polar surface area (TPSA) is 228 Å². The Morgan fingerprint density at radius 1 is 0.474 bits per heavy atom. The van der Waals surface area contributed by atoms with Gasteiger partial charge in [0.25, 0.3) is 0 Å². The second-order valence-corrected chi connectivity index (χ2v) is 21.5. The predicted molar refractivity (Wildman–Crippen MR) is 313 cm³/mol. The van der Waals surface area contributed by atoms with Crippen LogP contribution in [0.15, 0.2) is 85.1 Å². The molecule has 9 N–H and O–H groups in total. The molecule has 0 aliphatic carbocycles. The Kier molecular flexibility index (Phi) is 44.6. The van der Waals surface area contributed by atoms with Gasteiger partial charge in [0.15, 0.2) is 12.6 Å². The summed E-state index contributed by atoms with van der Waals surface area (Å²) in [5.74, 6) is -0.215. The van der Waals surface area contributed by atoms with Gasteiger partial charge < -0.3 is 65.1 Å². The van der Waals surface area contributed by atoms with Crippen LogP contribution in [0, 0.1) is 0 Å². The molecule has 450 valence electrons. The summed E-state index contributed by atoms with van der Waals surface area (Å²) in [6.45, 7) is 2.72.